The Balaban J connectivity index is 0.000000279. The maximum absolute atomic E-state index is 14.3. The van der Waals surface area contributed by atoms with Gasteiger partial charge in [0.25, 0.3) is 0 Å². The first-order chi connectivity index (χ1) is 12.9. The van der Waals surface area contributed by atoms with Gasteiger partial charge in [-0.1, -0.05) is 12.1 Å². The van der Waals surface area contributed by atoms with Crippen molar-refractivity contribution in [3.63, 3.8) is 0 Å². The second-order valence-corrected chi connectivity index (χ2v) is 6.06. The number of para-hydroxylation sites is 2. The summed E-state index contributed by atoms with van der Waals surface area (Å²) < 4.78 is 25.4. The van der Waals surface area contributed by atoms with Gasteiger partial charge in [-0.25, -0.2) is 14.0 Å². The molecule has 0 aromatic heterocycles. The molecule has 2 aliphatic heterocycles. The van der Waals surface area contributed by atoms with E-state index in [9.17, 15) is 14.0 Å². The number of halogens is 1. The molecule has 0 amide bonds. The van der Waals surface area contributed by atoms with Crippen LogP contribution in [0.1, 0.15) is 6.42 Å². The lowest BCUT2D eigenvalue weighted by molar-refractivity contribution is -0.134. The number of rotatable bonds is 4. The van der Waals surface area contributed by atoms with E-state index in [4.69, 9.17) is 19.7 Å². The molecule has 3 unspecified atom stereocenters. The highest BCUT2D eigenvalue weighted by molar-refractivity contribution is 5.89. The van der Waals surface area contributed by atoms with E-state index >= 15 is 0 Å². The Labute approximate surface area is 156 Å². The van der Waals surface area contributed by atoms with Crippen LogP contribution in [0.4, 0.5) is 10.1 Å². The summed E-state index contributed by atoms with van der Waals surface area (Å²) in [5.41, 5.74) is 0.847. The first-order valence-corrected chi connectivity index (χ1v) is 8.44. The maximum atomic E-state index is 14.3. The zero-order valence-corrected chi connectivity index (χ0v) is 14.9. The molecule has 2 heterocycles. The normalized spacial score (nSPS) is 23.9. The smallest absolute Gasteiger partial charge is 0.328 e. The predicted molar refractivity (Wildman–Crippen MR) is 95.8 cm³/mol. The van der Waals surface area contributed by atoms with Crippen molar-refractivity contribution >= 4 is 17.6 Å². The molecule has 8 nitrogen and oxygen atoms in total. The van der Waals surface area contributed by atoms with Crippen LogP contribution in [0.3, 0.4) is 0 Å². The van der Waals surface area contributed by atoms with Crippen LogP contribution in [0.5, 0.6) is 5.75 Å². The molecular weight excluding hydrogens is 359 g/mol. The maximum Gasteiger partial charge on any atom is 0.328 e. The fraction of sp³-hybridized carbons (Fsp3) is 0.444. The van der Waals surface area contributed by atoms with Crippen LogP contribution in [-0.2, 0) is 14.3 Å². The van der Waals surface area contributed by atoms with Crippen molar-refractivity contribution in [2.45, 2.75) is 24.9 Å². The van der Waals surface area contributed by atoms with E-state index in [-0.39, 0.29) is 12.1 Å². The number of nitrogens with zero attached hydrogens (tertiary/aromatic N) is 1. The van der Waals surface area contributed by atoms with Gasteiger partial charge in [-0.05, 0) is 12.1 Å². The minimum atomic E-state index is -1.26. The van der Waals surface area contributed by atoms with E-state index in [0.717, 1.165) is 24.4 Å². The van der Waals surface area contributed by atoms with Crippen LogP contribution in [-0.4, -0.2) is 67.4 Å². The summed E-state index contributed by atoms with van der Waals surface area (Å²) in [4.78, 5) is 21.0. The van der Waals surface area contributed by atoms with Crippen LogP contribution in [0, 0.1) is 0 Å². The van der Waals surface area contributed by atoms with Gasteiger partial charge in [-0.2, -0.15) is 0 Å². The molecule has 1 fully saturated rings. The molecule has 0 spiro atoms. The molecule has 1 aromatic carbocycles. The highest BCUT2D eigenvalue weighted by Crippen LogP contribution is 2.37. The van der Waals surface area contributed by atoms with Crippen molar-refractivity contribution in [2.75, 3.05) is 31.7 Å². The molecule has 0 saturated carbocycles. The van der Waals surface area contributed by atoms with E-state index in [1.807, 2.05) is 29.2 Å². The third-order valence-corrected chi connectivity index (χ3v) is 4.08. The van der Waals surface area contributed by atoms with Crippen LogP contribution < -0.4 is 15.0 Å². The number of fused-ring (bicyclic) bond motifs is 3. The van der Waals surface area contributed by atoms with Crippen LogP contribution in [0.2, 0.25) is 0 Å². The van der Waals surface area contributed by atoms with Crippen molar-refractivity contribution in [3.05, 3.63) is 36.4 Å². The van der Waals surface area contributed by atoms with Crippen molar-refractivity contribution in [1.29, 1.82) is 0 Å². The quantitative estimate of drug-likeness (QED) is 0.528. The average molecular weight is 382 g/mol. The molecule has 3 rings (SSSR count). The number of carboxylic acid groups (broad SMARTS) is 2. The molecule has 1 saturated heterocycles. The zero-order chi connectivity index (χ0) is 19.8. The number of aliphatic carboxylic acids is 2. The average Bonchev–Trinajstić information content (AvgIpc) is 2.78. The molecular formula is C18H23FN2O6. The van der Waals surface area contributed by atoms with Gasteiger partial charge < -0.3 is 29.9 Å². The number of hydrogen-bond donors (Lipinski definition) is 3. The second kappa shape index (κ2) is 9.89. The fourth-order valence-electron chi connectivity index (χ4n) is 3.07. The number of carbonyl (C=O) groups is 2. The SMILES string of the molecule is COCC1CC2CNCC(F)N2c2ccccc2O1.O=C(O)/C=C/C(=O)O. The predicted octanol–water partition coefficient (Wildman–Crippen LogP) is 1.27. The standard InChI is InChI=1S/C14H19FN2O2.C4H4O4/c1-18-9-11-6-10-7-16-8-14(15)17(10)12-4-2-3-5-13(12)19-11;5-3(6)1-2-4(7)8/h2-5,10-11,14,16H,6-9H2,1H3;1-2H,(H,5,6)(H,7,8)/b;2-1+. The molecule has 2 aliphatic rings. The van der Waals surface area contributed by atoms with Crippen molar-refractivity contribution in [1.82, 2.24) is 5.32 Å². The molecule has 3 N–H and O–H groups in total. The highest BCUT2D eigenvalue weighted by Gasteiger charge is 2.36. The Morgan fingerprint density at radius 3 is 2.59 bits per heavy atom. The van der Waals surface area contributed by atoms with Gasteiger partial charge in [0.05, 0.1) is 12.3 Å². The summed E-state index contributed by atoms with van der Waals surface area (Å²) in [7, 11) is 1.66. The van der Waals surface area contributed by atoms with E-state index in [1.54, 1.807) is 7.11 Å². The summed E-state index contributed by atoms with van der Waals surface area (Å²) >= 11 is 0. The summed E-state index contributed by atoms with van der Waals surface area (Å²) in [5.74, 6) is -1.77. The van der Waals surface area contributed by atoms with Crippen LogP contribution in [0.25, 0.3) is 0 Å². The number of piperazine rings is 1. The van der Waals surface area contributed by atoms with Gasteiger partial charge in [0.15, 0.2) is 6.30 Å². The Bertz CT molecular complexity index is 668. The second-order valence-electron chi connectivity index (χ2n) is 6.06. The largest absolute Gasteiger partial charge is 0.486 e. The van der Waals surface area contributed by atoms with Crippen molar-refractivity contribution in [3.8, 4) is 5.75 Å². The van der Waals surface area contributed by atoms with Crippen molar-refractivity contribution in [2.24, 2.45) is 0 Å². The number of nitrogens with one attached hydrogen (secondary N) is 1. The lowest BCUT2D eigenvalue weighted by atomic mass is 10.1. The summed E-state index contributed by atoms with van der Waals surface area (Å²) in [6.07, 6.45) is 0.832. The fourth-order valence-corrected chi connectivity index (χ4v) is 3.07. The Hall–Kier alpha value is -2.65. The van der Waals surface area contributed by atoms with Gasteiger partial charge in [-0.15, -0.1) is 0 Å². The van der Waals surface area contributed by atoms with Crippen LogP contribution in [0.15, 0.2) is 36.4 Å². The molecule has 1 aromatic rings. The summed E-state index contributed by atoms with van der Waals surface area (Å²) in [6.45, 7) is 1.66. The van der Waals surface area contributed by atoms with E-state index in [0.29, 0.717) is 25.3 Å². The molecule has 148 valence electrons. The highest BCUT2D eigenvalue weighted by atomic mass is 19.1. The molecule has 27 heavy (non-hydrogen) atoms. The molecule has 0 radical (unpaired) electrons. The van der Waals surface area contributed by atoms with Gasteiger partial charge >= 0.3 is 11.9 Å². The molecule has 9 heteroatoms. The van der Waals surface area contributed by atoms with Gasteiger partial charge in [0, 0.05) is 44.8 Å². The number of anilines is 1. The Kier molecular flexibility index (Phi) is 7.56. The first kappa shape index (κ1) is 20.7. The van der Waals surface area contributed by atoms with E-state index < -0.39 is 18.2 Å². The lowest BCUT2D eigenvalue weighted by Gasteiger charge is -2.39. The van der Waals surface area contributed by atoms with Gasteiger partial charge in [-0.3, -0.25) is 0 Å². The topological polar surface area (TPSA) is 108 Å². The minimum Gasteiger partial charge on any atom is -0.486 e. The number of carboxylic acids is 2. The monoisotopic (exact) mass is 382 g/mol. The number of ether oxygens (including phenoxy) is 2. The minimum absolute atomic E-state index is 0.0340. The third-order valence-electron chi connectivity index (χ3n) is 4.08. The molecule has 3 atom stereocenters. The summed E-state index contributed by atoms with van der Waals surface area (Å²) in [5, 5.41) is 18.8. The first-order valence-electron chi connectivity index (χ1n) is 8.44. The van der Waals surface area contributed by atoms with Gasteiger partial charge in [0.1, 0.15) is 11.9 Å². The number of alkyl halides is 1. The molecule has 0 bridgehead atoms. The molecule has 0 aliphatic carbocycles. The summed E-state index contributed by atoms with van der Waals surface area (Å²) in [6, 6.07) is 7.76. The van der Waals surface area contributed by atoms with E-state index in [2.05, 4.69) is 5.32 Å². The van der Waals surface area contributed by atoms with Crippen molar-refractivity contribution < 1.29 is 33.7 Å². The van der Waals surface area contributed by atoms with Crippen LogP contribution >= 0.6 is 0 Å². The third kappa shape index (κ3) is 5.93. The number of methoxy groups -OCH3 is 1. The Morgan fingerprint density at radius 2 is 1.96 bits per heavy atom. The van der Waals surface area contributed by atoms with E-state index in [1.165, 1.54) is 0 Å². The zero-order valence-electron chi connectivity index (χ0n) is 14.9. The number of benzene rings is 1. The number of hydrogen-bond acceptors (Lipinski definition) is 6. The Morgan fingerprint density at radius 1 is 1.30 bits per heavy atom. The van der Waals surface area contributed by atoms with Gasteiger partial charge in [0.2, 0.25) is 0 Å². The lowest BCUT2D eigenvalue weighted by Crippen LogP contribution is -2.56.